The highest BCUT2D eigenvalue weighted by atomic mass is 16.6. The van der Waals surface area contributed by atoms with Gasteiger partial charge in [-0.2, -0.15) is 0 Å². The molecule has 1 fully saturated rings. The number of anilines is 2. The molecular weight excluding hydrogens is 446 g/mol. The molecule has 9 nitrogen and oxygen atoms in total. The van der Waals surface area contributed by atoms with Gasteiger partial charge in [-0.15, -0.1) is 0 Å². The van der Waals surface area contributed by atoms with Crippen LogP contribution in [0.2, 0.25) is 0 Å². The van der Waals surface area contributed by atoms with E-state index in [-0.39, 0.29) is 12.0 Å². The minimum atomic E-state index is -0.506. The predicted molar refractivity (Wildman–Crippen MR) is 136 cm³/mol. The first-order valence-corrected chi connectivity index (χ1v) is 11.9. The highest BCUT2D eigenvalue weighted by Gasteiger charge is 2.26. The van der Waals surface area contributed by atoms with Crippen LogP contribution in [0.1, 0.15) is 38.2 Å². The predicted octanol–water partition coefficient (Wildman–Crippen LogP) is 4.37. The number of hydrogen-bond donors (Lipinski definition) is 1. The molecular formula is C26H33N5O4. The maximum atomic E-state index is 13.1. The number of methoxy groups -OCH3 is 1. The van der Waals surface area contributed by atoms with Crippen molar-refractivity contribution in [3.63, 3.8) is 0 Å². The van der Waals surface area contributed by atoms with E-state index in [2.05, 4.69) is 15.2 Å². The highest BCUT2D eigenvalue weighted by Crippen LogP contribution is 2.29. The number of piperazine rings is 1. The number of rotatable bonds is 5. The number of aromatic nitrogens is 2. The molecule has 1 aliphatic rings. The fraction of sp³-hybridized carbons (Fsp3) is 0.423. The van der Waals surface area contributed by atoms with Gasteiger partial charge in [-0.1, -0.05) is 6.07 Å². The summed E-state index contributed by atoms with van der Waals surface area (Å²) in [6.07, 6.45) is 1.37. The number of aryl methyl sites for hydroxylation is 1. The van der Waals surface area contributed by atoms with E-state index in [0.29, 0.717) is 44.1 Å². The van der Waals surface area contributed by atoms with Crippen LogP contribution in [-0.2, 0) is 11.3 Å². The Morgan fingerprint density at radius 2 is 1.83 bits per heavy atom. The van der Waals surface area contributed by atoms with Crippen LogP contribution < -0.4 is 15.0 Å². The SMILES string of the molecule is CCn1c(C(=O)Nc2ccc(N3CCN(C(=O)OC(C)(C)C)CC3)nc2)cc2c(OC)cccc21. The summed E-state index contributed by atoms with van der Waals surface area (Å²) in [5.74, 6) is 1.34. The molecule has 3 aromatic rings. The molecule has 4 rings (SSSR count). The summed E-state index contributed by atoms with van der Waals surface area (Å²) in [5, 5.41) is 3.86. The average Bonchev–Trinajstić information content (AvgIpc) is 3.22. The van der Waals surface area contributed by atoms with Crippen molar-refractivity contribution in [2.75, 3.05) is 43.5 Å². The van der Waals surface area contributed by atoms with Gasteiger partial charge in [0.2, 0.25) is 0 Å². The zero-order valence-electron chi connectivity index (χ0n) is 21.0. The van der Waals surface area contributed by atoms with Crippen LogP contribution in [0.3, 0.4) is 0 Å². The fourth-order valence-electron chi connectivity index (χ4n) is 4.25. The quantitative estimate of drug-likeness (QED) is 0.584. The molecule has 2 amide bonds. The molecule has 0 atom stereocenters. The summed E-state index contributed by atoms with van der Waals surface area (Å²) in [4.78, 5) is 33.7. The Kier molecular flexibility index (Phi) is 6.86. The average molecular weight is 480 g/mol. The highest BCUT2D eigenvalue weighted by molar-refractivity contribution is 6.07. The van der Waals surface area contributed by atoms with Gasteiger partial charge in [0.25, 0.3) is 5.91 Å². The van der Waals surface area contributed by atoms with E-state index < -0.39 is 5.60 Å². The Bertz CT molecular complexity index is 1200. The van der Waals surface area contributed by atoms with Crippen molar-refractivity contribution in [3.8, 4) is 5.75 Å². The summed E-state index contributed by atoms with van der Waals surface area (Å²) in [6, 6.07) is 11.4. The van der Waals surface area contributed by atoms with Crippen LogP contribution in [0.5, 0.6) is 5.75 Å². The number of benzene rings is 1. The van der Waals surface area contributed by atoms with Crippen molar-refractivity contribution in [1.29, 1.82) is 0 Å². The summed E-state index contributed by atoms with van der Waals surface area (Å²) >= 11 is 0. The molecule has 1 aromatic carbocycles. The molecule has 186 valence electrons. The smallest absolute Gasteiger partial charge is 0.410 e. The molecule has 1 N–H and O–H groups in total. The Labute approximate surface area is 205 Å². The minimum absolute atomic E-state index is 0.203. The Balaban J connectivity index is 1.41. The van der Waals surface area contributed by atoms with Crippen LogP contribution in [0.15, 0.2) is 42.6 Å². The van der Waals surface area contributed by atoms with E-state index in [1.54, 1.807) is 18.2 Å². The molecule has 0 radical (unpaired) electrons. The van der Waals surface area contributed by atoms with Gasteiger partial charge >= 0.3 is 6.09 Å². The van der Waals surface area contributed by atoms with Gasteiger partial charge < -0.3 is 29.2 Å². The van der Waals surface area contributed by atoms with E-state index in [1.165, 1.54) is 0 Å². The van der Waals surface area contributed by atoms with Crippen molar-refractivity contribution in [3.05, 3.63) is 48.3 Å². The molecule has 1 aliphatic heterocycles. The number of carbonyl (C=O) groups excluding carboxylic acids is 2. The van der Waals surface area contributed by atoms with Gasteiger partial charge in [0.1, 0.15) is 22.9 Å². The first-order chi connectivity index (χ1) is 16.7. The van der Waals surface area contributed by atoms with Crippen LogP contribution in [0.25, 0.3) is 10.9 Å². The second kappa shape index (κ2) is 9.85. The van der Waals surface area contributed by atoms with E-state index in [4.69, 9.17) is 9.47 Å². The van der Waals surface area contributed by atoms with Crippen molar-refractivity contribution >= 4 is 34.4 Å². The number of amides is 2. The second-order valence-corrected chi connectivity index (χ2v) is 9.48. The summed E-state index contributed by atoms with van der Waals surface area (Å²) in [6.45, 7) is 10.7. The summed E-state index contributed by atoms with van der Waals surface area (Å²) in [5.41, 5.74) is 1.63. The Hall–Kier alpha value is -3.75. The molecule has 2 aromatic heterocycles. The third-order valence-electron chi connectivity index (χ3n) is 5.94. The third kappa shape index (κ3) is 5.34. The van der Waals surface area contributed by atoms with Crippen LogP contribution in [-0.4, -0.2) is 65.3 Å². The van der Waals surface area contributed by atoms with E-state index in [9.17, 15) is 9.59 Å². The second-order valence-electron chi connectivity index (χ2n) is 9.48. The Morgan fingerprint density at radius 3 is 2.43 bits per heavy atom. The summed E-state index contributed by atoms with van der Waals surface area (Å²) < 4.78 is 12.9. The molecule has 0 saturated carbocycles. The van der Waals surface area contributed by atoms with Crippen molar-refractivity contribution in [1.82, 2.24) is 14.5 Å². The van der Waals surface area contributed by atoms with Crippen LogP contribution in [0, 0.1) is 0 Å². The first-order valence-electron chi connectivity index (χ1n) is 11.9. The maximum absolute atomic E-state index is 13.1. The largest absolute Gasteiger partial charge is 0.496 e. The van der Waals surface area contributed by atoms with Gasteiger partial charge in [-0.05, 0) is 58.0 Å². The standard InChI is InChI=1S/C26H33N5O4/c1-6-31-20-8-7-9-22(34-5)19(20)16-21(31)24(32)28-18-10-11-23(27-17-18)29-12-14-30(15-13-29)25(33)35-26(2,3)4/h7-11,16-17H,6,12-15H2,1-5H3,(H,28,32). The van der Waals surface area contributed by atoms with E-state index in [0.717, 1.165) is 22.5 Å². The topological polar surface area (TPSA) is 88.9 Å². The first kappa shape index (κ1) is 24.4. The number of nitrogens with zero attached hydrogens (tertiary/aromatic N) is 4. The number of ether oxygens (including phenoxy) is 2. The third-order valence-corrected chi connectivity index (χ3v) is 5.94. The molecule has 35 heavy (non-hydrogen) atoms. The van der Waals surface area contributed by atoms with Crippen molar-refractivity contribution in [2.45, 2.75) is 39.8 Å². The van der Waals surface area contributed by atoms with Crippen molar-refractivity contribution < 1.29 is 19.1 Å². The van der Waals surface area contributed by atoms with Crippen molar-refractivity contribution in [2.24, 2.45) is 0 Å². The van der Waals surface area contributed by atoms with Crippen LogP contribution >= 0.6 is 0 Å². The lowest BCUT2D eigenvalue weighted by molar-refractivity contribution is 0.0240. The molecule has 9 heteroatoms. The van der Waals surface area contributed by atoms with E-state index in [1.807, 2.05) is 68.7 Å². The van der Waals surface area contributed by atoms with Gasteiger partial charge in [-0.3, -0.25) is 4.79 Å². The molecule has 0 aliphatic carbocycles. The molecule has 1 saturated heterocycles. The summed E-state index contributed by atoms with van der Waals surface area (Å²) in [7, 11) is 1.63. The molecule has 0 bridgehead atoms. The van der Waals surface area contributed by atoms with Gasteiger partial charge in [-0.25, -0.2) is 9.78 Å². The molecule has 0 spiro atoms. The van der Waals surface area contributed by atoms with Crippen LogP contribution in [0.4, 0.5) is 16.3 Å². The van der Waals surface area contributed by atoms with Gasteiger partial charge in [0.15, 0.2) is 0 Å². The monoisotopic (exact) mass is 479 g/mol. The lowest BCUT2D eigenvalue weighted by Gasteiger charge is -2.36. The number of carbonyl (C=O) groups is 2. The van der Waals surface area contributed by atoms with Gasteiger partial charge in [0, 0.05) is 38.1 Å². The number of fused-ring (bicyclic) bond motifs is 1. The molecule has 3 heterocycles. The molecule has 0 unspecified atom stereocenters. The Morgan fingerprint density at radius 1 is 1.09 bits per heavy atom. The number of nitrogens with one attached hydrogen (secondary N) is 1. The van der Waals surface area contributed by atoms with E-state index >= 15 is 0 Å². The maximum Gasteiger partial charge on any atom is 0.410 e. The fourth-order valence-corrected chi connectivity index (χ4v) is 4.25. The lowest BCUT2D eigenvalue weighted by Crippen LogP contribution is -2.50. The zero-order chi connectivity index (χ0) is 25.2. The normalized spacial score (nSPS) is 14.2. The minimum Gasteiger partial charge on any atom is -0.496 e. The van der Waals surface area contributed by atoms with Gasteiger partial charge in [0.05, 0.1) is 24.5 Å². The zero-order valence-corrected chi connectivity index (χ0v) is 21.0. The number of hydrogen-bond acceptors (Lipinski definition) is 6. The lowest BCUT2D eigenvalue weighted by atomic mass is 10.2. The number of pyridine rings is 1.